The summed E-state index contributed by atoms with van der Waals surface area (Å²) in [6, 6.07) is 9.79. The van der Waals surface area contributed by atoms with Crippen molar-refractivity contribution in [2.24, 2.45) is 5.92 Å². The fourth-order valence-electron chi connectivity index (χ4n) is 2.76. The summed E-state index contributed by atoms with van der Waals surface area (Å²) in [5.41, 5.74) is 1.06. The summed E-state index contributed by atoms with van der Waals surface area (Å²) in [6.45, 7) is 4.79. The minimum absolute atomic E-state index is 0.00898. The van der Waals surface area contributed by atoms with Gasteiger partial charge in [0, 0.05) is 25.4 Å². The van der Waals surface area contributed by atoms with Crippen molar-refractivity contribution in [1.82, 2.24) is 4.90 Å². The lowest BCUT2D eigenvalue weighted by Crippen LogP contribution is -2.42. The van der Waals surface area contributed by atoms with Crippen LogP contribution in [0.15, 0.2) is 43.0 Å². The molecule has 112 valence electrons. The Morgan fingerprint density at radius 3 is 2.71 bits per heavy atom. The van der Waals surface area contributed by atoms with E-state index in [-0.39, 0.29) is 11.8 Å². The van der Waals surface area contributed by atoms with Crippen LogP contribution in [0, 0.1) is 5.92 Å². The highest BCUT2D eigenvalue weighted by molar-refractivity contribution is 5.79. The lowest BCUT2D eigenvalue weighted by molar-refractivity contribution is -0.145. The first kappa shape index (κ1) is 15.3. The SMILES string of the molecule is C=CC(CC(=O)N1CCC[C@H](C(=O)O)C1)c1ccccc1. The smallest absolute Gasteiger partial charge is 0.308 e. The predicted molar refractivity (Wildman–Crippen MR) is 80.9 cm³/mol. The maximum Gasteiger partial charge on any atom is 0.308 e. The van der Waals surface area contributed by atoms with Gasteiger partial charge in [-0.15, -0.1) is 6.58 Å². The molecule has 2 atom stereocenters. The highest BCUT2D eigenvalue weighted by Crippen LogP contribution is 2.24. The Morgan fingerprint density at radius 1 is 1.38 bits per heavy atom. The van der Waals surface area contributed by atoms with Crippen LogP contribution in [0.3, 0.4) is 0 Å². The van der Waals surface area contributed by atoms with Crippen molar-refractivity contribution in [2.75, 3.05) is 13.1 Å². The van der Waals surface area contributed by atoms with Gasteiger partial charge in [0.15, 0.2) is 0 Å². The molecule has 21 heavy (non-hydrogen) atoms. The monoisotopic (exact) mass is 287 g/mol. The molecule has 1 heterocycles. The van der Waals surface area contributed by atoms with Crippen LogP contribution in [-0.4, -0.2) is 35.0 Å². The summed E-state index contributed by atoms with van der Waals surface area (Å²) >= 11 is 0. The number of aliphatic carboxylic acids is 1. The summed E-state index contributed by atoms with van der Waals surface area (Å²) in [5, 5.41) is 9.09. The first-order valence-corrected chi connectivity index (χ1v) is 7.30. The van der Waals surface area contributed by atoms with Gasteiger partial charge in [-0.25, -0.2) is 0 Å². The molecular weight excluding hydrogens is 266 g/mol. The number of amides is 1. The van der Waals surface area contributed by atoms with E-state index in [4.69, 9.17) is 5.11 Å². The second kappa shape index (κ2) is 7.07. The highest BCUT2D eigenvalue weighted by atomic mass is 16.4. The van der Waals surface area contributed by atoms with E-state index in [0.29, 0.717) is 25.9 Å². The third-order valence-corrected chi connectivity index (χ3v) is 4.03. The number of carboxylic acid groups (broad SMARTS) is 1. The van der Waals surface area contributed by atoms with Crippen LogP contribution in [0.4, 0.5) is 0 Å². The minimum atomic E-state index is -0.809. The van der Waals surface area contributed by atoms with E-state index in [9.17, 15) is 9.59 Å². The van der Waals surface area contributed by atoms with Crippen LogP contribution in [0.25, 0.3) is 0 Å². The summed E-state index contributed by atoms with van der Waals surface area (Å²) in [6.07, 6.45) is 3.54. The zero-order chi connectivity index (χ0) is 15.2. The first-order chi connectivity index (χ1) is 10.1. The molecule has 1 aromatic rings. The topological polar surface area (TPSA) is 57.6 Å². The lowest BCUT2D eigenvalue weighted by atomic mass is 9.93. The van der Waals surface area contributed by atoms with Crippen LogP contribution >= 0.6 is 0 Å². The Kier molecular flexibility index (Phi) is 5.14. The van der Waals surface area contributed by atoms with Crippen LogP contribution in [-0.2, 0) is 9.59 Å². The van der Waals surface area contributed by atoms with E-state index in [2.05, 4.69) is 6.58 Å². The summed E-state index contributed by atoms with van der Waals surface area (Å²) in [5.74, 6) is -1.25. The third-order valence-electron chi connectivity index (χ3n) is 4.03. The number of hydrogen-bond acceptors (Lipinski definition) is 2. The summed E-state index contributed by atoms with van der Waals surface area (Å²) in [7, 11) is 0. The molecule has 1 saturated heterocycles. The molecule has 4 nitrogen and oxygen atoms in total. The van der Waals surface area contributed by atoms with Gasteiger partial charge in [0.1, 0.15) is 0 Å². The number of rotatable bonds is 5. The molecule has 2 rings (SSSR count). The van der Waals surface area contributed by atoms with Gasteiger partial charge in [0.25, 0.3) is 0 Å². The van der Waals surface area contributed by atoms with Crippen molar-refractivity contribution in [3.8, 4) is 0 Å². The van der Waals surface area contributed by atoms with Crippen LogP contribution in [0.2, 0.25) is 0 Å². The van der Waals surface area contributed by atoms with Crippen molar-refractivity contribution < 1.29 is 14.7 Å². The average Bonchev–Trinajstić information content (AvgIpc) is 2.53. The standard InChI is InChI=1S/C17H21NO3/c1-2-13(14-7-4-3-5-8-14)11-16(19)18-10-6-9-15(12-18)17(20)21/h2-5,7-8,13,15H,1,6,9-12H2,(H,20,21)/t13?,15-/m0/s1. The Balaban J connectivity index is 1.99. The zero-order valence-electron chi connectivity index (χ0n) is 12.1. The molecule has 0 bridgehead atoms. The van der Waals surface area contributed by atoms with E-state index in [1.165, 1.54) is 0 Å². The van der Waals surface area contributed by atoms with E-state index in [1.807, 2.05) is 30.3 Å². The number of carbonyl (C=O) groups is 2. The van der Waals surface area contributed by atoms with E-state index < -0.39 is 11.9 Å². The minimum Gasteiger partial charge on any atom is -0.481 e. The maximum atomic E-state index is 12.4. The van der Waals surface area contributed by atoms with Gasteiger partial charge in [-0.05, 0) is 18.4 Å². The first-order valence-electron chi connectivity index (χ1n) is 7.30. The number of likely N-dealkylation sites (tertiary alicyclic amines) is 1. The molecule has 4 heteroatoms. The van der Waals surface area contributed by atoms with Gasteiger partial charge >= 0.3 is 5.97 Å². The van der Waals surface area contributed by atoms with E-state index in [1.54, 1.807) is 11.0 Å². The average molecular weight is 287 g/mol. The van der Waals surface area contributed by atoms with Crippen molar-refractivity contribution in [3.63, 3.8) is 0 Å². The molecule has 1 unspecified atom stereocenters. The Hall–Kier alpha value is -2.10. The Labute approximate surface area is 125 Å². The molecule has 1 fully saturated rings. The number of nitrogens with zero attached hydrogens (tertiary/aromatic N) is 1. The number of allylic oxidation sites excluding steroid dienone is 1. The molecule has 0 aliphatic carbocycles. The Bertz CT molecular complexity index is 512. The van der Waals surface area contributed by atoms with Gasteiger partial charge in [-0.1, -0.05) is 36.4 Å². The van der Waals surface area contributed by atoms with Gasteiger partial charge < -0.3 is 10.0 Å². The van der Waals surface area contributed by atoms with Crippen molar-refractivity contribution in [3.05, 3.63) is 48.6 Å². The second-order valence-electron chi connectivity index (χ2n) is 5.47. The van der Waals surface area contributed by atoms with Crippen LogP contribution in [0.5, 0.6) is 0 Å². The van der Waals surface area contributed by atoms with E-state index in [0.717, 1.165) is 12.0 Å². The van der Waals surface area contributed by atoms with Crippen LogP contribution in [0.1, 0.15) is 30.7 Å². The largest absolute Gasteiger partial charge is 0.481 e. The molecule has 1 aliphatic rings. The van der Waals surface area contributed by atoms with Gasteiger partial charge in [-0.3, -0.25) is 9.59 Å². The summed E-state index contributed by atoms with van der Waals surface area (Å²) in [4.78, 5) is 25.1. The van der Waals surface area contributed by atoms with Crippen LogP contribution < -0.4 is 0 Å². The number of carboxylic acids is 1. The quantitative estimate of drug-likeness (QED) is 0.847. The number of carbonyl (C=O) groups excluding carboxylic acids is 1. The van der Waals surface area contributed by atoms with Crippen molar-refractivity contribution in [1.29, 1.82) is 0 Å². The predicted octanol–water partition coefficient (Wildman–Crippen LogP) is 2.67. The highest BCUT2D eigenvalue weighted by Gasteiger charge is 2.28. The molecule has 0 spiro atoms. The number of hydrogen-bond donors (Lipinski definition) is 1. The molecule has 0 saturated carbocycles. The van der Waals surface area contributed by atoms with Gasteiger partial charge in [0.2, 0.25) is 5.91 Å². The lowest BCUT2D eigenvalue weighted by Gasteiger charge is -2.31. The molecule has 0 aromatic heterocycles. The fraction of sp³-hybridized carbons (Fsp3) is 0.412. The molecular formula is C17H21NO3. The Morgan fingerprint density at radius 2 is 2.10 bits per heavy atom. The molecule has 1 amide bonds. The summed E-state index contributed by atoms with van der Waals surface area (Å²) < 4.78 is 0. The van der Waals surface area contributed by atoms with Gasteiger partial charge in [0.05, 0.1) is 5.92 Å². The number of piperidine rings is 1. The third kappa shape index (κ3) is 3.94. The molecule has 1 aliphatic heterocycles. The number of benzene rings is 1. The van der Waals surface area contributed by atoms with Crippen molar-refractivity contribution in [2.45, 2.75) is 25.2 Å². The molecule has 0 radical (unpaired) electrons. The van der Waals surface area contributed by atoms with Crippen molar-refractivity contribution >= 4 is 11.9 Å². The fourth-order valence-corrected chi connectivity index (χ4v) is 2.76. The van der Waals surface area contributed by atoms with Gasteiger partial charge in [-0.2, -0.15) is 0 Å². The second-order valence-corrected chi connectivity index (χ2v) is 5.47. The normalized spacial score (nSPS) is 19.8. The maximum absolute atomic E-state index is 12.4. The zero-order valence-corrected chi connectivity index (χ0v) is 12.1. The molecule has 1 aromatic carbocycles. The van der Waals surface area contributed by atoms with E-state index >= 15 is 0 Å². The molecule has 1 N–H and O–H groups in total.